The first-order valence-electron chi connectivity index (χ1n) is 9.65. The van der Waals surface area contributed by atoms with Crippen molar-refractivity contribution in [2.24, 2.45) is 11.8 Å². The lowest BCUT2D eigenvalue weighted by Gasteiger charge is -2.36. The number of hydrogen-bond acceptors (Lipinski definition) is 6. The Bertz CT molecular complexity index is 579. The number of carbonyl (C=O) groups is 2. The smallest absolute Gasteiger partial charge is 0.415 e. The SMILES string of the molecule is CC(C)COc1nnc(C(=O)[C@H](CC(C)C)N(C=O)C2CCCCC2)o1. The van der Waals surface area contributed by atoms with E-state index in [9.17, 15) is 9.59 Å². The lowest BCUT2D eigenvalue weighted by molar-refractivity contribution is -0.122. The van der Waals surface area contributed by atoms with E-state index < -0.39 is 6.04 Å². The van der Waals surface area contributed by atoms with Crippen LogP contribution in [0.2, 0.25) is 0 Å². The molecule has 1 saturated carbocycles. The summed E-state index contributed by atoms with van der Waals surface area (Å²) in [6, 6.07) is -0.470. The van der Waals surface area contributed by atoms with Crippen LogP contribution < -0.4 is 4.74 Å². The van der Waals surface area contributed by atoms with Crippen LogP contribution in [-0.4, -0.2) is 46.0 Å². The van der Waals surface area contributed by atoms with Gasteiger partial charge in [-0.25, -0.2) is 0 Å². The maximum Gasteiger partial charge on any atom is 0.415 e. The summed E-state index contributed by atoms with van der Waals surface area (Å²) in [5, 5.41) is 7.65. The Hall–Kier alpha value is -1.92. The fourth-order valence-electron chi connectivity index (χ4n) is 3.35. The highest BCUT2D eigenvalue weighted by Crippen LogP contribution is 2.27. The molecule has 0 saturated heterocycles. The van der Waals surface area contributed by atoms with Gasteiger partial charge in [-0.2, -0.15) is 0 Å². The second-order valence-electron chi connectivity index (χ2n) is 7.93. The first kappa shape index (κ1) is 20.4. The Kier molecular flexibility index (Phi) is 7.60. The van der Waals surface area contributed by atoms with Gasteiger partial charge in [-0.05, 0) is 31.1 Å². The molecule has 0 aliphatic heterocycles. The van der Waals surface area contributed by atoms with Gasteiger partial charge < -0.3 is 14.1 Å². The number of aromatic nitrogens is 2. The average Bonchev–Trinajstić information content (AvgIpc) is 3.09. The van der Waals surface area contributed by atoms with Crippen molar-refractivity contribution in [1.29, 1.82) is 0 Å². The average molecular weight is 365 g/mol. The van der Waals surface area contributed by atoms with E-state index in [4.69, 9.17) is 9.15 Å². The third-order valence-electron chi connectivity index (χ3n) is 4.63. The first-order valence-corrected chi connectivity index (χ1v) is 9.65. The van der Waals surface area contributed by atoms with Gasteiger partial charge >= 0.3 is 6.08 Å². The molecule has 2 rings (SSSR count). The summed E-state index contributed by atoms with van der Waals surface area (Å²) in [4.78, 5) is 26.5. The van der Waals surface area contributed by atoms with Crippen LogP contribution in [0.5, 0.6) is 6.08 Å². The van der Waals surface area contributed by atoms with Crippen molar-refractivity contribution in [3.8, 4) is 6.08 Å². The fraction of sp³-hybridized carbons (Fsp3) is 0.789. The summed E-state index contributed by atoms with van der Waals surface area (Å²) >= 11 is 0. The molecule has 7 heteroatoms. The van der Waals surface area contributed by atoms with E-state index in [0.717, 1.165) is 32.1 Å². The number of rotatable bonds is 10. The van der Waals surface area contributed by atoms with Gasteiger partial charge in [0.2, 0.25) is 12.2 Å². The molecule has 0 spiro atoms. The van der Waals surface area contributed by atoms with Crippen molar-refractivity contribution in [2.75, 3.05) is 6.61 Å². The highest BCUT2D eigenvalue weighted by Gasteiger charge is 2.35. The number of nitrogens with zero attached hydrogens (tertiary/aromatic N) is 3. The van der Waals surface area contributed by atoms with Crippen molar-refractivity contribution in [3.63, 3.8) is 0 Å². The molecule has 1 fully saturated rings. The molecule has 0 aromatic carbocycles. The number of ether oxygens (including phenoxy) is 1. The van der Waals surface area contributed by atoms with Crippen molar-refractivity contribution < 1.29 is 18.7 Å². The van der Waals surface area contributed by atoms with E-state index in [2.05, 4.69) is 10.2 Å². The molecule has 1 aliphatic rings. The molecule has 0 unspecified atom stereocenters. The quantitative estimate of drug-likeness (QED) is 0.466. The van der Waals surface area contributed by atoms with Gasteiger partial charge in [0, 0.05) is 6.04 Å². The van der Waals surface area contributed by atoms with Crippen molar-refractivity contribution in [1.82, 2.24) is 15.1 Å². The van der Waals surface area contributed by atoms with Gasteiger partial charge in [0.1, 0.15) is 6.04 Å². The monoisotopic (exact) mass is 365 g/mol. The van der Waals surface area contributed by atoms with Gasteiger partial charge in [0.15, 0.2) is 0 Å². The molecule has 0 bridgehead atoms. The van der Waals surface area contributed by atoms with Crippen molar-refractivity contribution in [3.05, 3.63) is 5.89 Å². The van der Waals surface area contributed by atoms with Crippen LogP contribution >= 0.6 is 0 Å². The molecule has 1 aliphatic carbocycles. The summed E-state index contributed by atoms with van der Waals surface area (Å²) in [5.74, 6) is 0.182. The summed E-state index contributed by atoms with van der Waals surface area (Å²) in [6.07, 6.45) is 6.62. The molecule has 146 valence electrons. The number of carbonyl (C=O) groups excluding carboxylic acids is 2. The van der Waals surface area contributed by atoms with Crippen LogP contribution in [0.4, 0.5) is 0 Å². The molecule has 26 heavy (non-hydrogen) atoms. The third-order valence-corrected chi connectivity index (χ3v) is 4.63. The third kappa shape index (κ3) is 5.54. The predicted octanol–water partition coefficient (Wildman–Crippen LogP) is 3.49. The zero-order valence-electron chi connectivity index (χ0n) is 16.3. The zero-order valence-corrected chi connectivity index (χ0v) is 16.3. The minimum atomic E-state index is -0.575. The Balaban J connectivity index is 2.16. The van der Waals surface area contributed by atoms with Crippen LogP contribution in [0.3, 0.4) is 0 Å². The molecule has 0 N–H and O–H groups in total. The fourth-order valence-corrected chi connectivity index (χ4v) is 3.35. The van der Waals surface area contributed by atoms with E-state index in [1.807, 2.05) is 27.7 Å². The molecule has 1 aromatic rings. The first-order chi connectivity index (χ1) is 12.4. The van der Waals surface area contributed by atoms with E-state index in [1.54, 1.807) is 4.90 Å². The zero-order chi connectivity index (χ0) is 19.1. The molecule has 1 heterocycles. The Morgan fingerprint density at radius 3 is 2.46 bits per heavy atom. The van der Waals surface area contributed by atoms with E-state index in [0.29, 0.717) is 18.9 Å². The molecule has 0 radical (unpaired) electrons. The van der Waals surface area contributed by atoms with E-state index in [1.165, 1.54) is 6.42 Å². The minimum absolute atomic E-state index is 0.000617. The van der Waals surface area contributed by atoms with Crippen molar-refractivity contribution in [2.45, 2.75) is 78.3 Å². The highest BCUT2D eigenvalue weighted by molar-refractivity contribution is 5.97. The lowest BCUT2D eigenvalue weighted by Crippen LogP contribution is -2.48. The van der Waals surface area contributed by atoms with Gasteiger partial charge in [-0.3, -0.25) is 9.59 Å². The van der Waals surface area contributed by atoms with E-state index in [-0.39, 0.29) is 29.7 Å². The van der Waals surface area contributed by atoms with Crippen LogP contribution in [0.1, 0.15) is 76.9 Å². The van der Waals surface area contributed by atoms with Crippen LogP contribution in [0.25, 0.3) is 0 Å². The summed E-state index contributed by atoms with van der Waals surface area (Å²) in [7, 11) is 0. The van der Waals surface area contributed by atoms with Crippen LogP contribution in [-0.2, 0) is 4.79 Å². The summed E-state index contributed by atoms with van der Waals surface area (Å²) < 4.78 is 10.8. The molecule has 1 atom stereocenters. The van der Waals surface area contributed by atoms with Gasteiger partial charge in [-0.1, -0.05) is 52.1 Å². The summed E-state index contributed by atoms with van der Waals surface area (Å²) in [6.45, 7) is 8.53. The Morgan fingerprint density at radius 2 is 1.88 bits per heavy atom. The van der Waals surface area contributed by atoms with E-state index >= 15 is 0 Å². The highest BCUT2D eigenvalue weighted by atomic mass is 16.6. The molecule has 1 aromatic heterocycles. The van der Waals surface area contributed by atoms with Gasteiger partial charge in [0.25, 0.3) is 5.89 Å². The maximum atomic E-state index is 13.0. The number of amides is 1. The predicted molar refractivity (Wildman–Crippen MR) is 97.0 cm³/mol. The Labute approximate surface area is 155 Å². The molecule has 1 amide bonds. The molecular weight excluding hydrogens is 334 g/mol. The molecule has 7 nitrogen and oxygen atoms in total. The normalized spacial score (nSPS) is 16.7. The maximum absolute atomic E-state index is 13.0. The van der Waals surface area contributed by atoms with Crippen molar-refractivity contribution >= 4 is 12.2 Å². The minimum Gasteiger partial charge on any atom is -0.449 e. The molecular formula is C19H31N3O4. The second kappa shape index (κ2) is 9.69. The number of ketones is 1. The Morgan fingerprint density at radius 1 is 1.19 bits per heavy atom. The largest absolute Gasteiger partial charge is 0.449 e. The van der Waals surface area contributed by atoms with Crippen LogP contribution in [0.15, 0.2) is 4.42 Å². The number of Topliss-reactive ketones (excluding diaryl/α,β-unsaturated/α-hetero) is 1. The summed E-state index contributed by atoms with van der Waals surface area (Å²) in [5.41, 5.74) is 0. The second-order valence-corrected chi connectivity index (χ2v) is 7.93. The van der Waals surface area contributed by atoms with Crippen LogP contribution in [0, 0.1) is 11.8 Å². The topological polar surface area (TPSA) is 85.5 Å². The van der Waals surface area contributed by atoms with Gasteiger partial charge in [-0.15, -0.1) is 5.10 Å². The lowest BCUT2D eigenvalue weighted by atomic mass is 9.91. The standard InChI is InChI=1S/C19H31N3O4/c1-13(2)10-16(22(12-23)15-8-6-5-7-9-15)17(24)18-20-21-19(26-18)25-11-14(3)4/h12-16H,5-11H2,1-4H3/t16-/m0/s1. The number of hydrogen-bond donors (Lipinski definition) is 0. The van der Waals surface area contributed by atoms with Gasteiger partial charge in [0.05, 0.1) is 6.61 Å².